The maximum Gasteiger partial charge on any atom is 0.139 e. The highest BCUT2D eigenvalue weighted by molar-refractivity contribution is 5.69. The van der Waals surface area contributed by atoms with E-state index in [0.29, 0.717) is 35.4 Å². The van der Waals surface area contributed by atoms with Gasteiger partial charge in [-0.25, -0.2) is 9.37 Å². The minimum Gasteiger partial charge on any atom is -0.507 e. The molecule has 8 heteroatoms. The Kier molecular flexibility index (Phi) is 4.87. The second kappa shape index (κ2) is 7.50. The van der Waals surface area contributed by atoms with Gasteiger partial charge in [0.15, 0.2) is 0 Å². The van der Waals surface area contributed by atoms with Crippen LogP contribution in [0.1, 0.15) is 32.4 Å². The van der Waals surface area contributed by atoms with E-state index in [1.807, 2.05) is 13.0 Å². The molecule has 0 unspecified atom stereocenters. The standard InChI is InChI=1S/C24H26FN5O2/c1-23-12-15(22(25)24(2,29-23)13-21(23)32-3)10-16-4-7-19(28-27-16)18-6-5-17(11-20(18)31)30-9-8-26-14-30/h4-11,14,21-22,29,31H,12-13H2,1-3H3/b15-10+/t21-,22+,23+,24+/m1/s1. The summed E-state index contributed by atoms with van der Waals surface area (Å²) in [7, 11) is 1.68. The Bertz CT molecular complexity index is 1160. The summed E-state index contributed by atoms with van der Waals surface area (Å²) in [6.45, 7) is 3.99. The van der Waals surface area contributed by atoms with Crippen LogP contribution in [0.25, 0.3) is 23.0 Å². The predicted molar refractivity (Wildman–Crippen MR) is 119 cm³/mol. The van der Waals surface area contributed by atoms with Crippen molar-refractivity contribution in [1.29, 1.82) is 0 Å². The van der Waals surface area contributed by atoms with Crippen LogP contribution in [0.4, 0.5) is 4.39 Å². The number of ether oxygens (including phenoxy) is 1. The van der Waals surface area contributed by atoms with Crippen molar-refractivity contribution < 1.29 is 14.2 Å². The number of hydrogen-bond donors (Lipinski definition) is 2. The maximum absolute atomic E-state index is 15.4. The van der Waals surface area contributed by atoms with Crippen LogP contribution in [-0.2, 0) is 4.74 Å². The molecule has 2 aromatic heterocycles. The molecule has 5 rings (SSSR count). The number of phenolic OH excluding ortho intramolecular Hbond substituents is 1. The lowest BCUT2D eigenvalue weighted by Crippen LogP contribution is -2.59. The summed E-state index contributed by atoms with van der Waals surface area (Å²) < 4.78 is 22.8. The van der Waals surface area contributed by atoms with Crippen molar-refractivity contribution in [1.82, 2.24) is 25.1 Å². The van der Waals surface area contributed by atoms with Gasteiger partial charge in [-0.2, -0.15) is 5.10 Å². The zero-order valence-electron chi connectivity index (χ0n) is 18.3. The van der Waals surface area contributed by atoms with Gasteiger partial charge < -0.3 is 19.7 Å². The van der Waals surface area contributed by atoms with E-state index in [1.54, 1.807) is 60.7 Å². The van der Waals surface area contributed by atoms with Crippen molar-refractivity contribution in [3.63, 3.8) is 0 Å². The SMILES string of the molecule is CO[C@@H]1C[C@]2(C)N[C@@]1(C)C/C(=C\c1ccc(-c3ccc(-n4ccnc4)cc3O)nn1)[C@@H]2F. The quantitative estimate of drug-likeness (QED) is 0.650. The van der Waals surface area contributed by atoms with Crippen molar-refractivity contribution in [3.05, 3.63) is 60.3 Å². The van der Waals surface area contributed by atoms with Gasteiger partial charge in [-0.05, 0) is 62.6 Å². The van der Waals surface area contributed by atoms with Gasteiger partial charge in [-0.15, -0.1) is 5.10 Å². The normalized spacial score (nSPS) is 30.7. The number of benzene rings is 1. The van der Waals surface area contributed by atoms with E-state index in [2.05, 4.69) is 27.4 Å². The maximum atomic E-state index is 15.4. The molecule has 4 atom stereocenters. The van der Waals surface area contributed by atoms with E-state index < -0.39 is 11.7 Å². The second-order valence-electron chi connectivity index (χ2n) is 9.16. The van der Waals surface area contributed by atoms with Gasteiger partial charge in [0.25, 0.3) is 0 Å². The zero-order valence-corrected chi connectivity index (χ0v) is 18.3. The van der Waals surface area contributed by atoms with Gasteiger partial charge in [0.2, 0.25) is 0 Å². The summed E-state index contributed by atoms with van der Waals surface area (Å²) in [5, 5.41) is 22.5. The third-order valence-electron chi connectivity index (χ3n) is 6.71. The first-order valence-corrected chi connectivity index (χ1v) is 10.6. The van der Waals surface area contributed by atoms with E-state index in [-0.39, 0.29) is 17.4 Å². The molecule has 2 N–H and O–H groups in total. The molecule has 2 saturated heterocycles. The van der Waals surface area contributed by atoms with E-state index in [0.717, 1.165) is 5.69 Å². The molecule has 2 aliphatic rings. The number of rotatable bonds is 4. The van der Waals surface area contributed by atoms with E-state index in [9.17, 15) is 5.11 Å². The van der Waals surface area contributed by atoms with E-state index >= 15 is 4.39 Å². The first kappa shape index (κ1) is 20.8. The summed E-state index contributed by atoms with van der Waals surface area (Å²) in [4.78, 5) is 4.02. The number of imidazole rings is 1. The molecule has 1 aromatic carbocycles. The topological polar surface area (TPSA) is 85.1 Å². The number of nitrogens with zero attached hydrogens (tertiary/aromatic N) is 4. The monoisotopic (exact) mass is 435 g/mol. The predicted octanol–water partition coefficient (Wildman–Crippen LogP) is 3.69. The van der Waals surface area contributed by atoms with Crippen molar-refractivity contribution in [2.45, 2.75) is 50.0 Å². The smallest absolute Gasteiger partial charge is 0.139 e. The summed E-state index contributed by atoms with van der Waals surface area (Å²) in [6, 6.07) is 8.91. The first-order valence-electron chi connectivity index (χ1n) is 10.6. The molecular formula is C24H26FN5O2. The van der Waals surface area contributed by atoms with Gasteiger partial charge >= 0.3 is 0 Å². The molecule has 32 heavy (non-hydrogen) atoms. The third kappa shape index (κ3) is 3.40. The van der Waals surface area contributed by atoms with Crippen LogP contribution in [0.3, 0.4) is 0 Å². The van der Waals surface area contributed by atoms with Crippen molar-refractivity contribution in [2.75, 3.05) is 7.11 Å². The van der Waals surface area contributed by atoms with Crippen molar-refractivity contribution >= 4 is 6.08 Å². The fourth-order valence-electron chi connectivity index (χ4n) is 5.17. The molecule has 2 fully saturated rings. The lowest BCUT2D eigenvalue weighted by atomic mass is 9.82. The van der Waals surface area contributed by atoms with Crippen LogP contribution in [0.15, 0.2) is 54.6 Å². The fourth-order valence-corrected chi connectivity index (χ4v) is 5.17. The lowest BCUT2D eigenvalue weighted by Gasteiger charge is -2.41. The Morgan fingerprint density at radius 1 is 1.22 bits per heavy atom. The first-order chi connectivity index (χ1) is 15.3. The average molecular weight is 436 g/mol. The highest BCUT2D eigenvalue weighted by atomic mass is 19.1. The lowest BCUT2D eigenvalue weighted by molar-refractivity contribution is 0.0536. The Morgan fingerprint density at radius 2 is 2.06 bits per heavy atom. The highest BCUT2D eigenvalue weighted by Gasteiger charge is 2.58. The van der Waals surface area contributed by atoms with E-state index in [1.165, 1.54) is 0 Å². The number of hydrogen-bond acceptors (Lipinski definition) is 6. The Hall–Kier alpha value is -3.10. The van der Waals surface area contributed by atoms with Crippen LogP contribution in [-0.4, -0.2) is 55.3 Å². The third-order valence-corrected chi connectivity index (χ3v) is 6.71. The second-order valence-corrected chi connectivity index (χ2v) is 9.16. The van der Waals surface area contributed by atoms with Crippen LogP contribution in [0, 0.1) is 0 Å². The highest BCUT2D eigenvalue weighted by Crippen LogP contribution is 2.47. The largest absolute Gasteiger partial charge is 0.507 e. The Labute approximate surface area is 186 Å². The number of aromatic hydroxyl groups is 1. The Balaban J connectivity index is 1.40. The van der Waals surface area contributed by atoms with Gasteiger partial charge in [0.05, 0.1) is 35.0 Å². The number of aromatic nitrogens is 4. The Morgan fingerprint density at radius 3 is 2.72 bits per heavy atom. The van der Waals surface area contributed by atoms with Gasteiger partial charge in [0.1, 0.15) is 11.9 Å². The summed E-state index contributed by atoms with van der Waals surface area (Å²) in [6.07, 6.45) is 6.93. The molecular weight excluding hydrogens is 409 g/mol. The van der Waals surface area contributed by atoms with Crippen molar-refractivity contribution in [3.8, 4) is 22.7 Å². The molecule has 166 valence electrons. The molecule has 0 spiro atoms. The summed E-state index contributed by atoms with van der Waals surface area (Å²) >= 11 is 0. The molecule has 3 aromatic rings. The number of fused-ring (bicyclic) bond motifs is 2. The molecule has 2 bridgehead atoms. The zero-order chi connectivity index (χ0) is 22.5. The van der Waals surface area contributed by atoms with Crippen LogP contribution in [0.2, 0.25) is 0 Å². The van der Waals surface area contributed by atoms with Crippen molar-refractivity contribution in [2.24, 2.45) is 0 Å². The number of piperidine rings is 1. The van der Waals surface area contributed by atoms with Gasteiger partial charge in [-0.3, -0.25) is 0 Å². The number of halogens is 1. The van der Waals surface area contributed by atoms with Crippen LogP contribution < -0.4 is 5.32 Å². The average Bonchev–Trinajstić information content (AvgIpc) is 3.38. The van der Waals surface area contributed by atoms with Crippen LogP contribution >= 0.6 is 0 Å². The summed E-state index contributed by atoms with van der Waals surface area (Å²) in [5.41, 5.74) is 2.23. The molecule has 2 aliphatic heterocycles. The number of methoxy groups -OCH3 is 1. The molecule has 4 heterocycles. The van der Waals surface area contributed by atoms with E-state index in [4.69, 9.17) is 4.74 Å². The van der Waals surface area contributed by atoms with Gasteiger partial charge in [0, 0.05) is 36.7 Å². The number of phenols is 1. The van der Waals surface area contributed by atoms with Crippen LogP contribution in [0.5, 0.6) is 5.75 Å². The molecule has 0 saturated carbocycles. The van der Waals surface area contributed by atoms with Gasteiger partial charge in [-0.1, -0.05) is 0 Å². The molecule has 0 radical (unpaired) electrons. The fraction of sp³-hybridized carbons (Fsp3) is 0.375. The molecule has 7 nitrogen and oxygen atoms in total. The minimum absolute atomic E-state index is 0.0432. The molecule has 0 amide bonds. The summed E-state index contributed by atoms with van der Waals surface area (Å²) in [5.74, 6) is 0.0989. The number of nitrogens with one attached hydrogen (secondary N) is 1. The molecule has 0 aliphatic carbocycles. The minimum atomic E-state index is -1.13. The number of alkyl halides is 1.